The fourth-order valence-corrected chi connectivity index (χ4v) is 3.17. The second kappa shape index (κ2) is 5.10. The molecule has 1 unspecified atom stereocenters. The van der Waals surface area contributed by atoms with Crippen molar-refractivity contribution in [2.45, 2.75) is 32.1 Å². The van der Waals surface area contributed by atoms with E-state index in [-0.39, 0.29) is 17.5 Å². The van der Waals surface area contributed by atoms with Gasteiger partial charge in [-0.3, -0.25) is 4.79 Å². The van der Waals surface area contributed by atoms with Gasteiger partial charge in [-0.2, -0.15) is 5.26 Å². The van der Waals surface area contributed by atoms with E-state index >= 15 is 0 Å². The van der Waals surface area contributed by atoms with Gasteiger partial charge in [0.05, 0.1) is 17.6 Å². The monoisotopic (exact) mass is 280 g/mol. The van der Waals surface area contributed by atoms with Gasteiger partial charge >= 0.3 is 0 Å². The van der Waals surface area contributed by atoms with Crippen LogP contribution in [0.5, 0.6) is 5.75 Å². The van der Waals surface area contributed by atoms with Crippen LogP contribution in [0.15, 0.2) is 46.8 Å². The van der Waals surface area contributed by atoms with Crippen molar-refractivity contribution >= 4 is 5.78 Å². The minimum Gasteiger partial charge on any atom is -0.508 e. The minimum absolute atomic E-state index is 0.0948. The second-order valence-corrected chi connectivity index (χ2v) is 5.47. The Morgan fingerprint density at radius 2 is 2.19 bits per heavy atom. The fraction of sp³-hybridized carbons (Fsp3) is 0.294. The topological polar surface area (TPSA) is 73.1 Å². The van der Waals surface area contributed by atoms with Crippen LogP contribution in [-0.4, -0.2) is 10.9 Å². The van der Waals surface area contributed by atoms with Gasteiger partial charge in [0.1, 0.15) is 5.75 Å². The average molecular weight is 280 g/mol. The van der Waals surface area contributed by atoms with Crippen LogP contribution in [0.2, 0.25) is 0 Å². The molecule has 106 valence electrons. The SMILES string of the molecule is CC1=C(C#N)C(c2cccc(O)c2)C2=C(CCCC2=O)N1. The normalized spacial score (nSPS) is 21.7. The first-order valence-corrected chi connectivity index (χ1v) is 7.05. The second-order valence-electron chi connectivity index (χ2n) is 5.47. The van der Waals surface area contributed by atoms with E-state index in [1.54, 1.807) is 18.2 Å². The molecule has 3 rings (SSSR count). The number of nitrogens with one attached hydrogen (secondary N) is 1. The number of phenols is 1. The molecule has 1 aliphatic carbocycles. The Morgan fingerprint density at radius 3 is 2.90 bits per heavy atom. The highest BCUT2D eigenvalue weighted by molar-refractivity contribution is 5.99. The van der Waals surface area contributed by atoms with Gasteiger partial charge in [-0.05, 0) is 37.5 Å². The summed E-state index contributed by atoms with van der Waals surface area (Å²) in [6.45, 7) is 1.86. The molecule has 1 aliphatic heterocycles. The zero-order valence-corrected chi connectivity index (χ0v) is 11.8. The van der Waals surface area contributed by atoms with Gasteiger partial charge in [-0.1, -0.05) is 12.1 Å². The Bertz CT molecular complexity index is 723. The molecular formula is C17H16N2O2. The average Bonchev–Trinajstić information content (AvgIpc) is 2.46. The van der Waals surface area contributed by atoms with Crippen LogP contribution in [-0.2, 0) is 4.79 Å². The van der Waals surface area contributed by atoms with Crippen molar-refractivity contribution in [2.24, 2.45) is 0 Å². The number of allylic oxidation sites excluding steroid dienone is 4. The number of nitrogens with zero attached hydrogens (tertiary/aromatic N) is 1. The highest BCUT2D eigenvalue weighted by atomic mass is 16.3. The van der Waals surface area contributed by atoms with E-state index in [2.05, 4.69) is 11.4 Å². The van der Waals surface area contributed by atoms with Gasteiger partial charge < -0.3 is 10.4 Å². The summed E-state index contributed by atoms with van der Waals surface area (Å²) in [7, 11) is 0. The van der Waals surface area contributed by atoms with Crippen LogP contribution < -0.4 is 5.32 Å². The highest BCUT2D eigenvalue weighted by Gasteiger charge is 2.35. The lowest BCUT2D eigenvalue weighted by Crippen LogP contribution is -2.31. The summed E-state index contributed by atoms with van der Waals surface area (Å²) >= 11 is 0. The molecule has 1 aromatic rings. The molecule has 2 aliphatic rings. The predicted molar refractivity (Wildman–Crippen MR) is 78.2 cm³/mol. The number of carbonyl (C=O) groups is 1. The maximum atomic E-state index is 12.4. The molecule has 0 saturated heterocycles. The molecule has 4 heteroatoms. The first kappa shape index (κ1) is 13.4. The maximum Gasteiger partial charge on any atom is 0.161 e. The third-order valence-corrected chi connectivity index (χ3v) is 4.10. The number of ketones is 1. The molecule has 21 heavy (non-hydrogen) atoms. The first-order chi connectivity index (χ1) is 10.1. The molecule has 1 atom stereocenters. The van der Waals surface area contributed by atoms with Crippen molar-refractivity contribution in [2.75, 3.05) is 0 Å². The van der Waals surface area contributed by atoms with E-state index in [9.17, 15) is 15.2 Å². The molecule has 0 aromatic heterocycles. The summed E-state index contributed by atoms with van der Waals surface area (Å²) in [5.41, 5.74) is 3.74. The predicted octanol–water partition coefficient (Wildman–Crippen LogP) is 2.88. The first-order valence-electron chi connectivity index (χ1n) is 7.05. The lowest BCUT2D eigenvalue weighted by atomic mass is 9.75. The van der Waals surface area contributed by atoms with Crippen molar-refractivity contribution in [3.8, 4) is 11.8 Å². The number of Topliss-reactive ketones (excluding diaryl/α,β-unsaturated/α-hetero) is 1. The summed E-state index contributed by atoms with van der Waals surface area (Å²) in [5, 5.41) is 22.4. The molecule has 0 amide bonds. The number of hydrogen-bond acceptors (Lipinski definition) is 4. The zero-order valence-electron chi connectivity index (χ0n) is 11.8. The van der Waals surface area contributed by atoms with Crippen LogP contribution in [0, 0.1) is 11.3 Å². The Balaban J connectivity index is 2.20. The van der Waals surface area contributed by atoms with Gasteiger partial charge in [0.15, 0.2) is 5.78 Å². The number of carbonyl (C=O) groups excluding carboxylic acids is 1. The van der Waals surface area contributed by atoms with Crippen LogP contribution in [0.3, 0.4) is 0 Å². The quantitative estimate of drug-likeness (QED) is 0.829. The van der Waals surface area contributed by atoms with E-state index in [4.69, 9.17) is 0 Å². The van der Waals surface area contributed by atoms with Crippen molar-refractivity contribution in [3.05, 3.63) is 52.4 Å². The Labute approximate surface area is 123 Å². The van der Waals surface area contributed by atoms with Gasteiger partial charge in [-0.25, -0.2) is 0 Å². The minimum atomic E-state index is -0.369. The number of hydrogen-bond donors (Lipinski definition) is 2. The molecule has 1 aromatic carbocycles. The summed E-state index contributed by atoms with van der Waals surface area (Å²) in [6, 6.07) is 9.04. The molecule has 2 N–H and O–H groups in total. The summed E-state index contributed by atoms with van der Waals surface area (Å²) < 4.78 is 0. The summed E-state index contributed by atoms with van der Waals surface area (Å²) in [6.07, 6.45) is 2.19. The Hall–Kier alpha value is -2.54. The molecule has 0 bridgehead atoms. The van der Waals surface area contributed by atoms with Crippen molar-refractivity contribution in [1.82, 2.24) is 5.32 Å². The lowest BCUT2D eigenvalue weighted by Gasteiger charge is -2.32. The largest absolute Gasteiger partial charge is 0.508 e. The highest BCUT2D eigenvalue weighted by Crippen LogP contribution is 2.42. The maximum absolute atomic E-state index is 12.4. The van der Waals surface area contributed by atoms with E-state index in [1.165, 1.54) is 0 Å². The smallest absolute Gasteiger partial charge is 0.161 e. The van der Waals surface area contributed by atoms with Crippen molar-refractivity contribution in [3.63, 3.8) is 0 Å². The third-order valence-electron chi connectivity index (χ3n) is 4.10. The molecule has 0 fully saturated rings. The molecular weight excluding hydrogens is 264 g/mol. The number of nitriles is 1. The van der Waals surface area contributed by atoms with E-state index < -0.39 is 0 Å². The summed E-state index contributed by atoms with van der Waals surface area (Å²) in [4.78, 5) is 12.4. The van der Waals surface area contributed by atoms with E-state index in [0.29, 0.717) is 17.6 Å². The number of dihydropyridines is 1. The Kier molecular flexibility index (Phi) is 3.26. The number of phenolic OH excluding ortho intramolecular Hbond substituents is 1. The standard InChI is InChI=1S/C17H16N2O2/c1-10-13(9-18)16(11-4-2-5-12(20)8-11)17-14(19-10)6-3-7-15(17)21/h2,4-5,8,16,19-20H,3,6-7H2,1H3. The van der Waals surface area contributed by atoms with Crippen LogP contribution in [0.4, 0.5) is 0 Å². The van der Waals surface area contributed by atoms with Crippen LogP contribution >= 0.6 is 0 Å². The molecule has 4 nitrogen and oxygen atoms in total. The number of benzene rings is 1. The van der Waals surface area contributed by atoms with Gasteiger partial charge in [0.2, 0.25) is 0 Å². The number of aromatic hydroxyl groups is 1. The Morgan fingerprint density at radius 1 is 1.38 bits per heavy atom. The summed E-state index contributed by atoms with van der Waals surface area (Å²) in [5.74, 6) is -0.130. The van der Waals surface area contributed by atoms with Crippen LogP contribution in [0.25, 0.3) is 0 Å². The molecule has 0 saturated carbocycles. The molecule has 0 spiro atoms. The van der Waals surface area contributed by atoms with E-state index in [0.717, 1.165) is 29.8 Å². The van der Waals surface area contributed by atoms with Crippen molar-refractivity contribution < 1.29 is 9.90 Å². The van der Waals surface area contributed by atoms with Crippen LogP contribution in [0.1, 0.15) is 37.7 Å². The van der Waals surface area contributed by atoms with E-state index in [1.807, 2.05) is 13.0 Å². The van der Waals surface area contributed by atoms with Crippen molar-refractivity contribution in [1.29, 1.82) is 5.26 Å². The fourth-order valence-electron chi connectivity index (χ4n) is 3.17. The molecule has 1 heterocycles. The third kappa shape index (κ3) is 2.21. The van der Waals surface area contributed by atoms with Gasteiger partial charge in [0, 0.05) is 23.4 Å². The molecule has 0 radical (unpaired) electrons. The lowest BCUT2D eigenvalue weighted by molar-refractivity contribution is -0.116. The van der Waals surface area contributed by atoms with Gasteiger partial charge in [-0.15, -0.1) is 0 Å². The number of rotatable bonds is 1. The zero-order chi connectivity index (χ0) is 15.0. The van der Waals surface area contributed by atoms with Gasteiger partial charge in [0.25, 0.3) is 0 Å².